The first-order valence-electron chi connectivity index (χ1n) is 5.87. The summed E-state index contributed by atoms with van der Waals surface area (Å²) >= 11 is 0. The number of hydrogen-bond acceptors (Lipinski definition) is 7. The molecule has 0 unspecified atom stereocenters. The van der Waals surface area contributed by atoms with Crippen LogP contribution in [0.4, 0.5) is 17.2 Å². The second-order valence-electron chi connectivity index (χ2n) is 4.18. The van der Waals surface area contributed by atoms with Crippen molar-refractivity contribution in [2.45, 2.75) is 0 Å². The first-order valence-corrected chi connectivity index (χ1v) is 5.87. The van der Waals surface area contributed by atoms with Crippen molar-refractivity contribution in [3.63, 3.8) is 0 Å². The quantitative estimate of drug-likeness (QED) is 0.618. The fraction of sp³-hybridized carbons (Fsp3) is 0.0909. The summed E-state index contributed by atoms with van der Waals surface area (Å²) in [7, 11) is 1.50. The van der Waals surface area contributed by atoms with Crippen molar-refractivity contribution in [2.75, 3.05) is 5.43 Å². The summed E-state index contributed by atoms with van der Waals surface area (Å²) in [5, 5.41) is 25.1. The van der Waals surface area contributed by atoms with Gasteiger partial charge in [-0.15, -0.1) is 5.10 Å². The molecule has 1 aromatic heterocycles. The Bertz CT molecular complexity index is 738. The number of nitro benzene ring substituents is 1. The van der Waals surface area contributed by atoms with Gasteiger partial charge in [0, 0.05) is 24.7 Å². The van der Waals surface area contributed by atoms with E-state index < -0.39 is 15.8 Å². The molecule has 0 fully saturated rings. The van der Waals surface area contributed by atoms with Crippen molar-refractivity contribution < 1.29 is 14.6 Å². The van der Waals surface area contributed by atoms with Gasteiger partial charge >= 0.3 is 5.69 Å². The van der Waals surface area contributed by atoms with Crippen LogP contribution in [0, 0.1) is 20.2 Å². The summed E-state index contributed by atoms with van der Waals surface area (Å²) in [6.45, 7) is 0. The van der Waals surface area contributed by atoms with Crippen LogP contribution in [0.2, 0.25) is 0 Å². The van der Waals surface area contributed by atoms with Crippen molar-refractivity contribution in [1.29, 1.82) is 0 Å². The minimum Gasteiger partial charge on any atom is -0.274 e. The second-order valence-corrected chi connectivity index (χ2v) is 4.18. The Morgan fingerprint density at radius 1 is 1.18 bits per heavy atom. The van der Waals surface area contributed by atoms with E-state index in [1.807, 2.05) is 0 Å². The highest BCUT2D eigenvalue weighted by atomic mass is 16.6. The maximum Gasteiger partial charge on any atom is 0.332 e. The number of hydrazine groups is 1. The SMILES string of the molecule is Cn1cc([N+](=O)[O-])c(NNC(=O)c2ccc([N+](=O)[O-])cc2)n1. The Kier molecular flexibility index (Phi) is 3.97. The average molecular weight is 306 g/mol. The maximum atomic E-state index is 11.8. The monoisotopic (exact) mass is 306 g/mol. The number of rotatable bonds is 5. The van der Waals surface area contributed by atoms with Gasteiger partial charge < -0.3 is 0 Å². The molecule has 0 bridgehead atoms. The molecule has 1 heterocycles. The van der Waals surface area contributed by atoms with Crippen LogP contribution in [0.3, 0.4) is 0 Å². The molecule has 0 aliphatic heterocycles. The third kappa shape index (κ3) is 3.15. The third-order valence-corrected chi connectivity index (χ3v) is 2.64. The smallest absolute Gasteiger partial charge is 0.274 e. The third-order valence-electron chi connectivity index (χ3n) is 2.64. The van der Waals surface area contributed by atoms with E-state index in [0.29, 0.717) is 0 Å². The topological polar surface area (TPSA) is 145 Å². The molecule has 0 atom stereocenters. The lowest BCUT2D eigenvalue weighted by atomic mass is 10.2. The van der Waals surface area contributed by atoms with Crippen LogP contribution in [0.5, 0.6) is 0 Å². The number of anilines is 1. The molecule has 22 heavy (non-hydrogen) atoms. The van der Waals surface area contributed by atoms with Gasteiger partial charge in [0.05, 0.1) is 9.85 Å². The molecule has 114 valence electrons. The predicted molar refractivity (Wildman–Crippen MR) is 74.0 cm³/mol. The number of carbonyl (C=O) groups excluding carboxylic acids is 1. The molecular formula is C11H10N6O5. The van der Waals surface area contributed by atoms with Gasteiger partial charge in [-0.2, -0.15) is 0 Å². The first-order chi connectivity index (χ1) is 10.4. The number of non-ortho nitro benzene ring substituents is 1. The highest BCUT2D eigenvalue weighted by Gasteiger charge is 2.19. The van der Waals surface area contributed by atoms with Crippen LogP contribution in [0.15, 0.2) is 30.5 Å². The molecule has 2 rings (SSSR count). The van der Waals surface area contributed by atoms with Crippen LogP contribution >= 0.6 is 0 Å². The molecule has 2 N–H and O–H groups in total. The Hall–Kier alpha value is -3.50. The summed E-state index contributed by atoms with van der Waals surface area (Å²) in [5.41, 5.74) is 4.28. The maximum absolute atomic E-state index is 11.8. The molecule has 1 amide bonds. The molecule has 11 nitrogen and oxygen atoms in total. The van der Waals surface area contributed by atoms with Crippen molar-refractivity contribution in [1.82, 2.24) is 15.2 Å². The molecular weight excluding hydrogens is 296 g/mol. The van der Waals surface area contributed by atoms with Gasteiger partial charge in [0.25, 0.3) is 11.6 Å². The van der Waals surface area contributed by atoms with Crippen LogP contribution in [-0.2, 0) is 7.05 Å². The van der Waals surface area contributed by atoms with E-state index in [4.69, 9.17) is 0 Å². The fourth-order valence-electron chi connectivity index (χ4n) is 1.62. The number of amides is 1. The Morgan fingerprint density at radius 2 is 1.82 bits per heavy atom. The summed E-state index contributed by atoms with van der Waals surface area (Å²) in [5.74, 6) is -0.738. The number of nitro groups is 2. The summed E-state index contributed by atoms with van der Waals surface area (Å²) in [4.78, 5) is 31.9. The van der Waals surface area contributed by atoms with E-state index in [1.54, 1.807) is 0 Å². The van der Waals surface area contributed by atoms with Gasteiger partial charge in [0.2, 0.25) is 5.82 Å². The largest absolute Gasteiger partial charge is 0.332 e. The number of aryl methyl sites for hydroxylation is 1. The highest BCUT2D eigenvalue weighted by molar-refractivity contribution is 5.95. The molecule has 11 heteroatoms. The number of aromatic nitrogens is 2. The lowest BCUT2D eigenvalue weighted by Gasteiger charge is -2.05. The van der Waals surface area contributed by atoms with E-state index in [-0.39, 0.29) is 22.8 Å². The normalized spacial score (nSPS) is 10.0. The lowest BCUT2D eigenvalue weighted by Crippen LogP contribution is -2.29. The minimum absolute atomic E-state index is 0.122. The summed E-state index contributed by atoms with van der Waals surface area (Å²) < 4.78 is 1.22. The summed E-state index contributed by atoms with van der Waals surface area (Å²) in [6, 6.07) is 4.89. The molecule has 1 aromatic carbocycles. The van der Waals surface area contributed by atoms with Crippen molar-refractivity contribution in [3.05, 3.63) is 56.3 Å². The molecule has 0 radical (unpaired) electrons. The number of benzene rings is 1. The molecule has 0 aliphatic carbocycles. The van der Waals surface area contributed by atoms with Crippen LogP contribution in [0.25, 0.3) is 0 Å². The van der Waals surface area contributed by atoms with Gasteiger partial charge in [-0.1, -0.05) is 0 Å². The van der Waals surface area contributed by atoms with Gasteiger partial charge in [-0.25, -0.2) is 0 Å². The van der Waals surface area contributed by atoms with E-state index in [0.717, 1.165) is 0 Å². The fourth-order valence-corrected chi connectivity index (χ4v) is 1.62. The van der Waals surface area contributed by atoms with Crippen molar-refractivity contribution in [2.24, 2.45) is 7.05 Å². The lowest BCUT2D eigenvalue weighted by molar-refractivity contribution is -0.384. The zero-order valence-electron chi connectivity index (χ0n) is 11.2. The van der Waals surface area contributed by atoms with Crippen LogP contribution in [-0.4, -0.2) is 25.5 Å². The second kappa shape index (κ2) is 5.87. The Labute approximate surface area is 122 Å². The zero-order valence-corrected chi connectivity index (χ0v) is 11.2. The van der Waals surface area contributed by atoms with E-state index >= 15 is 0 Å². The van der Waals surface area contributed by atoms with Crippen molar-refractivity contribution in [3.8, 4) is 0 Å². The Balaban J connectivity index is 2.07. The number of carbonyl (C=O) groups is 1. The van der Waals surface area contributed by atoms with Gasteiger partial charge in [-0.05, 0) is 12.1 Å². The predicted octanol–water partition coefficient (Wildman–Crippen LogP) is 0.993. The van der Waals surface area contributed by atoms with Gasteiger partial charge in [0.15, 0.2) is 0 Å². The standard InChI is InChI=1S/C11H10N6O5/c1-15-6-9(17(21)22)10(14-15)12-13-11(18)7-2-4-8(5-3-7)16(19)20/h2-6H,1H3,(H,12,14)(H,13,18). The number of nitrogens with zero attached hydrogens (tertiary/aromatic N) is 4. The van der Waals surface area contributed by atoms with Gasteiger partial charge in [-0.3, -0.25) is 40.6 Å². The van der Waals surface area contributed by atoms with E-state index in [9.17, 15) is 25.0 Å². The van der Waals surface area contributed by atoms with Crippen LogP contribution in [0.1, 0.15) is 10.4 Å². The highest BCUT2D eigenvalue weighted by Crippen LogP contribution is 2.20. The Morgan fingerprint density at radius 3 is 2.36 bits per heavy atom. The van der Waals surface area contributed by atoms with E-state index in [1.165, 1.54) is 42.2 Å². The molecule has 0 aliphatic rings. The zero-order chi connectivity index (χ0) is 16.3. The molecule has 0 saturated heterocycles. The minimum atomic E-state index is -0.645. The first kappa shape index (κ1) is 14.9. The summed E-state index contributed by atoms with van der Waals surface area (Å²) in [6.07, 6.45) is 1.18. The molecule has 0 saturated carbocycles. The van der Waals surface area contributed by atoms with E-state index in [2.05, 4.69) is 16.0 Å². The van der Waals surface area contributed by atoms with Crippen molar-refractivity contribution >= 4 is 23.1 Å². The number of nitrogens with one attached hydrogen (secondary N) is 2. The molecule has 2 aromatic rings. The van der Waals surface area contributed by atoms with Crippen LogP contribution < -0.4 is 10.9 Å². The van der Waals surface area contributed by atoms with Gasteiger partial charge in [0.1, 0.15) is 6.20 Å². The average Bonchev–Trinajstić information content (AvgIpc) is 2.86. The number of hydrogen-bond donors (Lipinski definition) is 2. The molecule has 0 spiro atoms.